The summed E-state index contributed by atoms with van der Waals surface area (Å²) in [6, 6.07) is 7.73. The van der Waals surface area contributed by atoms with Crippen molar-refractivity contribution in [1.29, 1.82) is 0 Å². The Bertz CT molecular complexity index is 399. The van der Waals surface area contributed by atoms with Crippen LogP contribution in [0.1, 0.15) is 18.1 Å². The van der Waals surface area contributed by atoms with Crippen molar-refractivity contribution in [3.05, 3.63) is 41.5 Å². The third-order valence-electron chi connectivity index (χ3n) is 2.12. The lowest BCUT2D eigenvalue weighted by Gasteiger charge is -2.03. The van der Waals surface area contributed by atoms with Crippen LogP contribution in [0, 0.1) is 0 Å². The lowest BCUT2D eigenvalue weighted by atomic mass is 10.1. The molecule has 0 N–H and O–H groups in total. The molecule has 0 aliphatic rings. The molecule has 18 heavy (non-hydrogen) atoms. The second-order valence-electron chi connectivity index (χ2n) is 3.59. The first-order valence-electron chi connectivity index (χ1n) is 5.76. The van der Waals surface area contributed by atoms with Crippen LogP contribution in [0.15, 0.2) is 30.3 Å². The summed E-state index contributed by atoms with van der Waals surface area (Å²) in [6.45, 7) is 2.91. The fourth-order valence-corrected chi connectivity index (χ4v) is 1.38. The van der Waals surface area contributed by atoms with Crippen LogP contribution in [-0.2, 0) is 25.6 Å². The van der Waals surface area contributed by atoms with E-state index in [2.05, 4.69) is 0 Å². The molecule has 4 nitrogen and oxygen atoms in total. The van der Waals surface area contributed by atoms with Crippen LogP contribution in [0.2, 0.25) is 0 Å². The maximum Gasteiger partial charge on any atom is 0.330 e. The molecule has 0 unspecified atom stereocenters. The van der Waals surface area contributed by atoms with Gasteiger partial charge in [-0.1, -0.05) is 18.2 Å². The monoisotopic (exact) mass is 250 g/mol. The van der Waals surface area contributed by atoms with E-state index in [1.807, 2.05) is 24.3 Å². The van der Waals surface area contributed by atoms with Crippen molar-refractivity contribution < 1.29 is 19.0 Å². The Kier molecular flexibility index (Phi) is 6.76. The fraction of sp³-hybridized carbons (Fsp3) is 0.357. The number of hydrogen-bond acceptors (Lipinski definition) is 4. The van der Waals surface area contributed by atoms with Gasteiger partial charge in [0.15, 0.2) is 0 Å². The van der Waals surface area contributed by atoms with Gasteiger partial charge in [0.25, 0.3) is 0 Å². The standard InChI is InChI=1S/C14H18O4/c1-3-18-14(15)8-7-12-5-4-6-13(9-12)10-17-11-16-2/h4-9H,3,10-11H2,1-2H3/b8-7+. The number of carbonyl (C=O) groups excluding carboxylic acids is 1. The second kappa shape index (κ2) is 8.44. The Morgan fingerprint density at radius 1 is 1.39 bits per heavy atom. The van der Waals surface area contributed by atoms with Gasteiger partial charge in [0, 0.05) is 13.2 Å². The molecule has 0 amide bonds. The van der Waals surface area contributed by atoms with Crippen molar-refractivity contribution in [3.8, 4) is 0 Å². The topological polar surface area (TPSA) is 44.8 Å². The molecule has 0 aliphatic carbocycles. The molecule has 0 saturated heterocycles. The molecule has 0 spiro atoms. The van der Waals surface area contributed by atoms with Gasteiger partial charge in [-0.2, -0.15) is 0 Å². The van der Waals surface area contributed by atoms with Crippen molar-refractivity contribution in [3.63, 3.8) is 0 Å². The number of rotatable bonds is 7. The lowest BCUT2D eigenvalue weighted by Crippen LogP contribution is -1.99. The van der Waals surface area contributed by atoms with Crippen molar-refractivity contribution in [1.82, 2.24) is 0 Å². The maximum absolute atomic E-state index is 11.2. The average molecular weight is 250 g/mol. The molecule has 0 aliphatic heterocycles. The van der Waals surface area contributed by atoms with Gasteiger partial charge >= 0.3 is 5.97 Å². The molecule has 1 rings (SSSR count). The number of carbonyl (C=O) groups is 1. The summed E-state index contributed by atoms with van der Waals surface area (Å²) in [7, 11) is 1.58. The number of ether oxygens (including phenoxy) is 3. The molecule has 0 heterocycles. The quantitative estimate of drug-likeness (QED) is 0.322. The first-order chi connectivity index (χ1) is 8.76. The van der Waals surface area contributed by atoms with Crippen molar-refractivity contribution in [2.45, 2.75) is 13.5 Å². The smallest absolute Gasteiger partial charge is 0.330 e. The van der Waals surface area contributed by atoms with Gasteiger partial charge in [0.1, 0.15) is 6.79 Å². The summed E-state index contributed by atoms with van der Waals surface area (Å²) in [6.07, 6.45) is 3.14. The highest BCUT2D eigenvalue weighted by Gasteiger charge is 1.96. The summed E-state index contributed by atoms with van der Waals surface area (Å²) in [5, 5.41) is 0. The van der Waals surface area contributed by atoms with E-state index in [9.17, 15) is 4.79 Å². The molecule has 0 bridgehead atoms. The molecule has 0 saturated carbocycles. The normalized spacial score (nSPS) is 10.8. The molecular weight excluding hydrogens is 232 g/mol. The summed E-state index contributed by atoms with van der Waals surface area (Å²) in [5.41, 5.74) is 1.96. The van der Waals surface area contributed by atoms with Crippen LogP contribution >= 0.6 is 0 Å². The summed E-state index contributed by atoms with van der Waals surface area (Å²) in [5.74, 6) is -0.335. The molecule has 98 valence electrons. The number of esters is 1. The van der Waals surface area contributed by atoms with Gasteiger partial charge in [-0.15, -0.1) is 0 Å². The van der Waals surface area contributed by atoms with Crippen molar-refractivity contribution in [2.75, 3.05) is 20.5 Å². The minimum absolute atomic E-state index is 0.267. The van der Waals surface area contributed by atoms with Gasteiger partial charge in [0.05, 0.1) is 13.2 Å². The highest BCUT2D eigenvalue weighted by molar-refractivity contribution is 5.87. The molecular formula is C14H18O4. The Balaban J connectivity index is 2.56. The largest absolute Gasteiger partial charge is 0.463 e. The zero-order valence-electron chi connectivity index (χ0n) is 10.7. The summed E-state index contributed by atoms with van der Waals surface area (Å²) >= 11 is 0. The van der Waals surface area contributed by atoms with E-state index in [0.717, 1.165) is 11.1 Å². The maximum atomic E-state index is 11.2. The van der Waals surface area contributed by atoms with E-state index in [1.165, 1.54) is 6.08 Å². The van der Waals surface area contributed by atoms with Crippen LogP contribution in [-0.4, -0.2) is 26.5 Å². The third kappa shape index (κ3) is 5.61. The molecule has 0 aromatic heterocycles. The van der Waals surface area contributed by atoms with Crippen LogP contribution in [0.25, 0.3) is 6.08 Å². The van der Waals surface area contributed by atoms with E-state index in [0.29, 0.717) is 13.2 Å². The van der Waals surface area contributed by atoms with Gasteiger partial charge in [-0.05, 0) is 30.2 Å². The van der Waals surface area contributed by atoms with Crippen LogP contribution < -0.4 is 0 Å². The molecule has 0 atom stereocenters. The Morgan fingerprint density at radius 2 is 2.22 bits per heavy atom. The van der Waals surface area contributed by atoms with Crippen LogP contribution in [0.5, 0.6) is 0 Å². The third-order valence-corrected chi connectivity index (χ3v) is 2.12. The highest BCUT2D eigenvalue weighted by atomic mass is 16.7. The minimum Gasteiger partial charge on any atom is -0.463 e. The fourth-order valence-electron chi connectivity index (χ4n) is 1.38. The number of benzene rings is 1. The predicted molar refractivity (Wildman–Crippen MR) is 68.8 cm³/mol. The van der Waals surface area contributed by atoms with Gasteiger partial charge in [-0.3, -0.25) is 0 Å². The second-order valence-corrected chi connectivity index (χ2v) is 3.59. The van der Waals surface area contributed by atoms with Crippen LogP contribution in [0.3, 0.4) is 0 Å². The zero-order chi connectivity index (χ0) is 13.2. The Hall–Kier alpha value is -1.65. The van der Waals surface area contributed by atoms with Crippen LogP contribution in [0.4, 0.5) is 0 Å². The first kappa shape index (κ1) is 14.4. The van der Waals surface area contributed by atoms with Crippen molar-refractivity contribution in [2.24, 2.45) is 0 Å². The Labute approximate surface area is 107 Å². The highest BCUT2D eigenvalue weighted by Crippen LogP contribution is 2.08. The Morgan fingerprint density at radius 3 is 2.94 bits per heavy atom. The number of methoxy groups -OCH3 is 1. The van der Waals surface area contributed by atoms with Crippen molar-refractivity contribution >= 4 is 12.0 Å². The van der Waals surface area contributed by atoms with E-state index >= 15 is 0 Å². The summed E-state index contributed by atoms with van der Waals surface area (Å²) < 4.78 is 14.9. The van der Waals surface area contributed by atoms with E-state index < -0.39 is 0 Å². The minimum atomic E-state index is -0.335. The van der Waals surface area contributed by atoms with E-state index in [4.69, 9.17) is 14.2 Å². The number of hydrogen-bond donors (Lipinski definition) is 0. The van der Waals surface area contributed by atoms with E-state index in [-0.39, 0.29) is 12.8 Å². The van der Waals surface area contributed by atoms with Gasteiger partial charge in [-0.25, -0.2) is 4.79 Å². The van der Waals surface area contributed by atoms with Gasteiger partial charge in [0.2, 0.25) is 0 Å². The molecule has 1 aromatic carbocycles. The molecule has 1 aromatic rings. The molecule has 0 radical (unpaired) electrons. The average Bonchev–Trinajstić information content (AvgIpc) is 2.38. The first-order valence-corrected chi connectivity index (χ1v) is 5.76. The lowest BCUT2D eigenvalue weighted by molar-refractivity contribution is -0.137. The SMILES string of the molecule is CCOC(=O)/C=C/c1cccc(COCOC)c1. The molecule has 4 heteroatoms. The predicted octanol–water partition coefficient (Wildman–Crippen LogP) is 2.38. The summed E-state index contributed by atoms with van der Waals surface area (Å²) in [4.78, 5) is 11.2. The molecule has 0 fully saturated rings. The van der Waals surface area contributed by atoms with E-state index in [1.54, 1.807) is 20.1 Å². The zero-order valence-corrected chi connectivity index (χ0v) is 10.7. The van der Waals surface area contributed by atoms with Gasteiger partial charge < -0.3 is 14.2 Å².